The van der Waals surface area contributed by atoms with Gasteiger partial charge in [0.25, 0.3) is 0 Å². The van der Waals surface area contributed by atoms with Crippen molar-refractivity contribution in [2.45, 2.75) is 13.8 Å². The second kappa shape index (κ2) is 10.1. The lowest BCUT2D eigenvalue weighted by atomic mass is 9.78. The average Bonchev–Trinajstić information content (AvgIpc) is 2.78. The van der Waals surface area contributed by atoms with Gasteiger partial charge in [-0.15, -0.1) is 0 Å². The van der Waals surface area contributed by atoms with E-state index in [2.05, 4.69) is 14.6 Å². The van der Waals surface area contributed by atoms with Crippen LogP contribution in [0.5, 0.6) is 11.5 Å². The van der Waals surface area contributed by atoms with Crippen molar-refractivity contribution in [1.82, 2.24) is 15.0 Å². The summed E-state index contributed by atoms with van der Waals surface area (Å²) in [6.07, 6.45) is 1.75. The maximum Gasteiger partial charge on any atom is 0.165 e. The molecule has 0 unspecified atom stereocenters. The molecule has 0 amide bonds. The van der Waals surface area contributed by atoms with Crippen molar-refractivity contribution in [2.75, 3.05) is 59.1 Å². The van der Waals surface area contributed by atoms with Crippen LogP contribution in [0.15, 0.2) is 18.3 Å². The van der Waals surface area contributed by atoms with E-state index in [9.17, 15) is 0 Å². The van der Waals surface area contributed by atoms with E-state index in [1.54, 1.807) is 19.4 Å². The van der Waals surface area contributed by atoms with Gasteiger partial charge in [-0.3, -0.25) is 4.98 Å². The van der Waals surface area contributed by atoms with Crippen LogP contribution in [0, 0.1) is 12.3 Å². The highest BCUT2D eigenvalue weighted by atomic mass is 35.5. The summed E-state index contributed by atoms with van der Waals surface area (Å²) in [4.78, 5) is 16.3. The number of benzene rings is 1. The molecule has 0 radical (unpaired) electrons. The number of anilines is 1. The number of ether oxygens (including phenoxy) is 4. The van der Waals surface area contributed by atoms with E-state index >= 15 is 0 Å². The van der Waals surface area contributed by atoms with Crippen LogP contribution in [0.1, 0.15) is 12.6 Å². The molecule has 1 aromatic carbocycles. The van der Waals surface area contributed by atoms with E-state index in [-0.39, 0.29) is 5.41 Å². The van der Waals surface area contributed by atoms with Crippen molar-refractivity contribution in [3.63, 3.8) is 0 Å². The van der Waals surface area contributed by atoms with Crippen molar-refractivity contribution in [2.24, 2.45) is 5.41 Å². The molecule has 0 atom stereocenters. The Kier molecular flexibility index (Phi) is 7.33. The van der Waals surface area contributed by atoms with Crippen molar-refractivity contribution in [1.29, 1.82) is 0 Å². The molecule has 0 aliphatic carbocycles. The first-order valence-corrected chi connectivity index (χ1v) is 11.7. The van der Waals surface area contributed by atoms with Gasteiger partial charge in [0, 0.05) is 44.0 Å². The van der Waals surface area contributed by atoms with E-state index in [1.807, 2.05) is 19.9 Å². The minimum Gasteiger partial charge on any atom is -0.495 e. The molecular weight excluding hydrogens is 479 g/mol. The van der Waals surface area contributed by atoms with Crippen LogP contribution in [0.4, 0.5) is 5.82 Å². The second-order valence-corrected chi connectivity index (χ2v) is 9.18. The molecule has 182 valence electrons. The fourth-order valence-corrected chi connectivity index (χ4v) is 4.71. The van der Waals surface area contributed by atoms with E-state index < -0.39 is 0 Å². The third-order valence-corrected chi connectivity index (χ3v) is 6.70. The minimum absolute atomic E-state index is 0.244. The minimum atomic E-state index is 0.244. The third-order valence-electron chi connectivity index (χ3n) is 5.95. The van der Waals surface area contributed by atoms with Gasteiger partial charge < -0.3 is 23.8 Å². The van der Waals surface area contributed by atoms with Crippen molar-refractivity contribution in [3.05, 3.63) is 34.1 Å². The van der Waals surface area contributed by atoms with Gasteiger partial charge in [0.05, 0.1) is 60.2 Å². The predicted octanol–water partition coefficient (Wildman–Crippen LogP) is 4.81. The van der Waals surface area contributed by atoms with Gasteiger partial charge in [-0.2, -0.15) is 0 Å². The molecule has 3 aromatic rings. The number of hydrogen-bond donors (Lipinski definition) is 0. The van der Waals surface area contributed by atoms with Gasteiger partial charge in [-0.25, -0.2) is 9.97 Å². The van der Waals surface area contributed by atoms with Gasteiger partial charge in [-0.1, -0.05) is 23.2 Å². The highest BCUT2D eigenvalue weighted by Gasteiger charge is 2.49. The largest absolute Gasteiger partial charge is 0.495 e. The Morgan fingerprint density at radius 1 is 1.03 bits per heavy atom. The van der Waals surface area contributed by atoms with E-state index in [0.29, 0.717) is 32.9 Å². The topological polar surface area (TPSA) is 78.8 Å². The van der Waals surface area contributed by atoms with Gasteiger partial charge >= 0.3 is 0 Å². The summed E-state index contributed by atoms with van der Waals surface area (Å²) < 4.78 is 20.8. The Morgan fingerprint density at radius 3 is 2.15 bits per heavy atom. The van der Waals surface area contributed by atoms with Crippen LogP contribution in [-0.2, 0) is 9.47 Å². The summed E-state index contributed by atoms with van der Waals surface area (Å²) in [6, 6.07) is 3.66. The van der Waals surface area contributed by atoms with E-state index in [0.717, 1.165) is 55.3 Å². The number of nitrogens with zero attached hydrogens (tertiary/aromatic N) is 4. The summed E-state index contributed by atoms with van der Waals surface area (Å²) in [5.74, 6) is 2.12. The number of hydrogen-bond acceptors (Lipinski definition) is 8. The molecule has 34 heavy (non-hydrogen) atoms. The molecule has 2 aromatic heterocycles. The number of fused-ring (bicyclic) bond motifs is 1. The number of pyridine rings is 1. The molecule has 10 heteroatoms. The monoisotopic (exact) mass is 506 g/mol. The van der Waals surface area contributed by atoms with Gasteiger partial charge in [0.2, 0.25) is 0 Å². The maximum atomic E-state index is 6.62. The second-order valence-electron chi connectivity index (χ2n) is 8.42. The number of rotatable bonds is 5. The first kappa shape index (κ1) is 24.7. The Labute approximate surface area is 209 Å². The zero-order valence-electron chi connectivity index (χ0n) is 19.9. The number of aromatic nitrogens is 3. The van der Waals surface area contributed by atoms with E-state index in [4.69, 9.17) is 47.4 Å². The lowest BCUT2D eigenvalue weighted by Gasteiger charge is -2.55. The molecule has 4 heterocycles. The standard InChI is InChI=1S/C21H20Cl2N4O3.C3H8O/c1-11-4-12-13(6-24-11)25-19(26-20(12)27-7-21(8-27)9-30-10-21)16-17(22)14(28-2)5-15(29-3)18(16)23;1-3-4-2/h4-6H,7-10H2,1-3H3;3H2,1-2H3. The molecule has 1 spiro atoms. The third kappa shape index (κ3) is 4.47. The van der Waals surface area contributed by atoms with Crippen LogP contribution < -0.4 is 14.4 Å². The van der Waals surface area contributed by atoms with Crippen molar-refractivity contribution in [3.8, 4) is 22.9 Å². The lowest BCUT2D eigenvalue weighted by Crippen LogP contribution is -2.66. The summed E-state index contributed by atoms with van der Waals surface area (Å²) in [5, 5.41) is 1.62. The van der Waals surface area contributed by atoms with Crippen LogP contribution in [0.3, 0.4) is 0 Å². The Hall–Kier alpha value is -2.39. The average molecular weight is 507 g/mol. The Morgan fingerprint density at radius 2 is 1.65 bits per heavy atom. The van der Waals surface area contributed by atoms with Gasteiger partial charge in [0.1, 0.15) is 17.3 Å². The molecule has 2 fully saturated rings. The first-order chi connectivity index (χ1) is 16.4. The number of halogens is 2. The molecule has 2 saturated heterocycles. The van der Waals surface area contributed by atoms with Crippen molar-refractivity contribution >= 4 is 39.9 Å². The Balaban J connectivity index is 0.000000636. The first-order valence-electron chi connectivity index (χ1n) is 10.9. The molecular formula is C24H28Cl2N4O4. The van der Waals surface area contributed by atoms with Crippen LogP contribution in [0.2, 0.25) is 10.0 Å². The predicted molar refractivity (Wildman–Crippen MR) is 134 cm³/mol. The summed E-state index contributed by atoms with van der Waals surface area (Å²) in [5.41, 5.74) is 2.34. The number of methoxy groups -OCH3 is 3. The zero-order valence-corrected chi connectivity index (χ0v) is 21.5. The molecule has 2 aliphatic heterocycles. The molecule has 0 bridgehead atoms. The van der Waals surface area contributed by atoms with Gasteiger partial charge in [0.15, 0.2) is 5.82 Å². The molecule has 0 N–H and O–H groups in total. The highest BCUT2D eigenvalue weighted by molar-refractivity contribution is 6.41. The van der Waals surface area contributed by atoms with Crippen LogP contribution in [-0.4, -0.2) is 69.2 Å². The normalized spacial score (nSPS) is 15.9. The zero-order chi connectivity index (χ0) is 24.5. The highest BCUT2D eigenvalue weighted by Crippen LogP contribution is 2.47. The molecule has 2 aliphatic rings. The van der Waals surface area contributed by atoms with Gasteiger partial charge in [-0.05, 0) is 19.9 Å². The lowest BCUT2D eigenvalue weighted by molar-refractivity contribution is -0.127. The smallest absolute Gasteiger partial charge is 0.165 e. The summed E-state index contributed by atoms with van der Waals surface area (Å²) in [7, 11) is 4.76. The summed E-state index contributed by atoms with van der Waals surface area (Å²) >= 11 is 13.2. The quantitative estimate of drug-likeness (QED) is 0.487. The Bertz CT molecular complexity index is 1170. The number of aryl methyl sites for hydroxylation is 1. The SMILES string of the molecule is CCOC.COc1cc(OC)c(Cl)c(-c2nc(N3CC4(COC4)C3)c3cc(C)ncc3n2)c1Cl. The van der Waals surface area contributed by atoms with Crippen LogP contribution in [0.25, 0.3) is 22.3 Å². The fraction of sp³-hybridized carbons (Fsp3) is 0.458. The molecule has 5 rings (SSSR count). The fourth-order valence-electron chi connectivity index (χ4n) is 4.04. The van der Waals surface area contributed by atoms with Crippen LogP contribution >= 0.6 is 23.2 Å². The van der Waals surface area contributed by atoms with E-state index in [1.165, 1.54) is 14.2 Å². The summed E-state index contributed by atoms with van der Waals surface area (Å²) in [6.45, 7) is 8.11. The molecule has 0 saturated carbocycles. The van der Waals surface area contributed by atoms with Crippen molar-refractivity contribution < 1.29 is 18.9 Å². The maximum absolute atomic E-state index is 6.62. The molecule has 8 nitrogen and oxygen atoms in total.